The van der Waals surface area contributed by atoms with E-state index in [9.17, 15) is 8.78 Å². The molecule has 0 aromatic heterocycles. The van der Waals surface area contributed by atoms with Crippen LogP contribution in [0.2, 0.25) is 0 Å². The number of halogens is 2. The van der Waals surface area contributed by atoms with Crippen LogP contribution in [-0.4, -0.2) is 12.3 Å². The van der Waals surface area contributed by atoms with Crippen molar-refractivity contribution in [1.29, 1.82) is 0 Å². The lowest BCUT2D eigenvalue weighted by Gasteiger charge is -2.41. The van der Waals surface area contributed by atoms with Gasteiger partial charge in [-0.2, -0.15) is 0 Å². The third-order valence-corrected chi connectivity index (χ3v) is 7.07. The highest BCUT2D eigenvalue weighted by Gasteiger charge is 2.37. The van der Waals surface area contributed by atoms with E-state index >= 15 is 0 Å². The van der Waals surface area contributed by atoms with E-state index in [0.29, 0.717) is 24.7 Å². The number of alkyl halides is 2. The molecule has 0 bridgehead atoms. The predicted octanol–water partition coefficient (Wildman–Crippen LogP) is 6.44. The topological polar surface area (TPSA) is 0 Å². The standard InChI is InChI=1S/C20H33F2/c1-2-14-3-5-15(6-4-14)16-7-9-17(10-8-16)18-11-12-19(21)20(22)13-18/h14,16-20H,2-13H2,1H3. The Morgan fingerprint density at radius 2 is 1.41 bits per heavy atom. The number of hydrogen-bond donors (Lipinski definition) is 0. The van der Waals surface area contributed by atoms with Crippen LogP contribution in [0.5, 0.6) is 0 Å². The maximum absolute atomic E-state index is 13.6. The average Bonchev–Trinajstić information content (AvgIpc) is 2.58. The summed E-state index contributed by atoms with van der Waals surface area (Å²) in [4.78, 5) is 0. The minimum Gasteiger partial charge on any atom is -0.244 e. The molecule has 127 valence electrons. The Bertz CT molecular complexity index is 327. The third-order valence-electron chi connectivity index (χ3n) is 7.07. The van der Waals surface area contributed by atoms with Crippen LogP contribution < -0.4 is 0 Å². The Labute approximate surface area is 135 Å². The van der Waals surface area contributed by atoms with Crippen LogP contribution in [0.4, 0.5) is 8.78 Å². The van der Waals surface area contributed by atoms with Gasteiger partial charge in [-0.05, 0) is 100 Å². The Balaban J connectivity index is 1.43. The smallest absolute Gasteiger partial charge is 0.131 e. The molecule has 2 heteroatoms. The fraction of sp³-hybridized carbons (Fsp3) is 0.950. The molecule has 0 amide bonds. The molecule has 1 radical (unpaired) electrons. The summed E-state index contributed by atoms with van der Waals surface area (Å²) >= 11 is 0. The van der Waals surface area contributed by atoms with Crippen molar-refractivity contribution in [1.82, 2.24) is 0 Å². The van der Waals surface area contributed by atoms with E-state index in [2.05, 4.69) is 6.92 Å². The lowest BCUT2D eigenvalue weighted by molar-refractivity contribution is 0.0547. The van der Waals surface area contributed by atoms with E-state index < -0.39 is 12.3 Å². The molecule has 3 fully saturated rings. The van der Waals surface area contributed by atoms with Crippen molar-refractivity contribution in [3.63, 3.8) is 0 Å². The van der Waals surface area contributed by atoms with Crippen molar-refractivity contribution in [2.75, 3.05) is 0 Å². The minimum atomic E-state index is -1.19. The molecule has 0 heterocycles. The zero-order valence-electron chi connectivity index (χ0n) is 14.2. The molecule has 0 aromatic rings. The largest absolute Gasteiger partial charge is 0.244 e. The fourth-order valence-electron chi connectivity index (χ4n) is 5.40. The molecule has 3 atom stereocenters. The van der Waals surface area contributed by atoms with Crippen LogP contribution in [0.25, 0.3) is 0 Å². The molecule has 3 aliphatic carbocycles. The van der Waals surface area contributed by atoms with E-state index in [1.54, 1.807) is 0 Å². The SMILES string of the molecule is CCC1CC[C](C2CCC(C3CCC(F)C(F)C3)CC2)CC1. The molecule has 3 rings (SSSR count). The van der Waals surface area contributed by atoms with Gasteiger partial charge in [0.05, 0.1) is 0 Å². The highest BCUT2D eigenvalue weighted by molar-refractivity contribution is 5.02. The third kappa shape index (κ3) is 3.85. The predicted molar refractivity (Wildman–Crippen MR) is 88.1 cm³/mol. The molecular weight excluding hydrogens is 278 g/mol. The van der Waals surface area contributed by atoms with Crippen molar-refractivity contribution < 1.29 is 8.78 Å². The zero-order valence-corrected chi connectivity index (χ0v) is 14.2. The molecule has 0 N–H and O–H groups in total. The monoisotopic (exact) mass is 311 g/mol. The average molecular weight is 311 g/mol. The molecule has 0 aliphatic heterocycles. The number of hydrogen-bond acceptors (Lipinski definition) is 0. The number of rotatable bonds is 3. The van der Waals surface area contributed by atoms with Gasteiger partial charge in [0.2, 0.25) is 0 Å². The highest BCUT2D eigenvalue weighted by Crippen LogP contribution is 2.46. The minimum absolute atomic E-state index is 0.460. The van der Waals surface area contributed by atoms with Gasteiger partial charge in [-0.3, -0.25) is 0 Å². The summed E-state index contributed by atoms with van der Waals surface area (Å²) in [5, 5.41) is 0. The van der Waals surface area contributed by atoms with Gasteiger partial charge < -0.3 is 0 Å². The summed E-state index contributed by atoms with van der Waals surface area (Å²) in [5.74, 6) is 4.81. The molecule has 3 unspecified atom stereocenters. The second-order valence-corrected chi connectivity index (χ2v) is 8.23. The molecule has 0 saturated heterocycles. The zero-order chi connectivity index (χ0) is 15.5. The van der Waals surface area contributed by atoms with Gasteiger partial charge in [0, 0.05) is 0 Å². The summed E-state index contributed by atoms with van der Waals surface area (Å²) in [6, 6.07) is 0. The first-order chi connectivity index (χ1) is 10.7. The summed E-state index contributed by atoms with van der Waals surface area (Å²) in [6.07, 6.45) is 11.6. The van der Waals surface area contributed by atoms with E-state index in [4.69, 9.17) is 0 Å². The fourth-order valence-corrected chi connectivity index (χ4v) is 5.40. The van der Waals surface area contributed by atoms with E-state index in [0.717, 1.165) is 18.3 Å². The van der Waals surface area contributed by atoms with E-state index in [1.807, 2.05) is 5.92 Å². The molecule has 3 saturated carbocycles. The summed E-state index contributed by atoms with van der Waals surface area (Å²) in [5.41, 5.74) is 0. The first-order valence-corrected chi connectivity index (χ1v) is 9.80. The Morgan fingerprint density at radius 3 is 2.00 bits per heavy atom. The van der Waals surface area contributed by atoms with Gasteiger partial charge in [-0.25, -0.2) is 8.78 Å². The molecule has 0 spiro atoms. The van der Waals surface area contributed by atoms with Crippen LogP contribution in [0.1, 0.15) is 84.0 Å². The quantitative estimate of drug-likeness (QED) is 0.562. The van der Waals surface area contributed by atoms with Gasteiger partial charge in [0.25, 0.3) is 0 Å². The van der Waals surface area contributed by atoms with Crippen LogP contribution in [0.3, 0.4) is 0 Å². The van der Waals surface area contributed by atoms with E-state index in [1.165, 1.54) is 57.8 Å². The van der Waals surface area contributed by atoms with Gasteiger partial charge >= 0.3 is 0 Å². The van der Waals surface area contributed by atoms with Crippen LogP contribution in [0, 0.1) is 29.6 Å². The molecule has 0 nitrogen and oxygen atoms in total. The van der Waals surface area contributed by atoms with Crippen molar-refractivity contribution in [2.24, 2.45) is 23.7 Å². The van der Waals surface area contributed by atoms with E-state index in [-0.39, 0.29) is 0 Å². The summed E-state index contributed by atoms with van der Waals surface area (Å²) in [6.45, 7) is 2.32. The van der Waals surface area contributed by atoms with Gasteiger partial charge in [0.1, 0.15) is 12.3 Å². The first-order valence-electron chi connectivity index (χ1n) is 9.80. The molecule has 3 aliphatic rings. The second kappa shape index (κ2) is 7.62. The molecule has 22 heavy (non-hydrogen) atoms. The van der Waals surface area contributed by atoms with Crippen LogP contribution in [0.15, 0.2) is 0 Å². The van der Waals surface area contributed by atoms with Crippen LogP contribution in [-0.2, 0) is 0 Å². The summed E-state index contributed by atoms with van der Waals surface area (Å²) in [7, 11) is 0. The van der Waals surface area contributed by atoms with Gasteiger partial charge in [-0.1, -0.05) is 13.3 Å². The Morgan fingerprint density at radius 1 is 0.773 bits per heavy atom. The van der Waals surface area contributed by atoms with Crippen molar-refractivity contribution >= 4 is 0 Å². The Kier molecular flexibility index (Phi) is 5.79. The second-order valence-electron chi connectivity index (χ2n) is 8.23. The highest BCUT2D eigenvalue weighted by atomic mass is 19.2. The lowest BCUT2D eigenvalue weighted by atomic mass is 9.65. The van der Waals surface area contributed by atoms with Crippen molar-refractivity contribution in [2.45, 2.75) is 96.3 Å². The van der Waals surface area contributed by atoms with Crippen LogP contribution >= 0.6 is 0 Å². The van der Waals surface area contributed by atoms with Crippen molar-refractivity contribution in [3.8, 4) is 0 Å². The first kappa shape index (κ1) is 16.7. The Hall–Kier alpha value is -0.140. The van der Waals surface area contributed by atoms with Gasteiger partial charge in [0.15, 0.2) is 0 Å². The van der Waals surface area contributed by atoms with Gasteiger partial charge in [-0.15, -0.1) is 0 Å². The molecular formula is C20H33F2. The maximum atomic E-state index is 13.6. The molecule has 0 aromatic carbocycles. The normalized spacial score (nSPS) is 42.4. The van der Waals surface area contributed by atoms with Crippen molar-refractivity contribution in [3.05, 3.63) is 5.92 Å². The lowest BCUT2D eigenvalue weighted by Crippen LogP contribution is -2.33. The summed E-state index contributed by atoms with van der Waals surface area (Å²) < 4.78 is 26.9. The maximum Gasteiger partial charge on any atom is 0.131 e.